The van der Waals surface area contributed by atoms with Crippen LogP contribution in [0.25, 0.3) is 0 Å². The molecule has 0 aliphatic carbocycles. The lowest BCUT2D eigenvalue weighted by molar-refractivity contribution is 0.0971. The minimum atomic E-state index is 0.0217. The molecule has 0 radical (unpaired) electrons. The number of ketones is 1. The predicted molar refractivity (Wildman–Crippen MR) is 83.0 cm³/mol. The number of hydrogen-bond donors (Lipinski definition) is 1. The molecule has 1 aromatic heterocycles. The third kappa shape index (κ3) is 3.64. The monoisotopic (exact) mass is 306 g/mol. The van der Waals surface area contributed by atoms with Gasteiger partial charge in [-0.2, -0.15) is 5.10 Å². The molecule has 5 heteroatoms. The second kappa shape index (κ2) is 6.76. The van der Waals surface area contributed by atoms with Crippen LogP contribution in [-0.2, 0) is 19.9 Å². The van der Waals surface area contributed by atoms with E-state index in [0.717, 1.165) is 24.1 Å². The zero-order valence-electron chi connectivity index (χ0n) is 12.3. The molecule has 2 rings (SSSR count). The van der Waals surface area contributed by atoms with Gasteiger partial charge in [0.05, 0.1) is 10.7 Å². The van der Waals surface area contributed by atoms with E-state index in [-0.39, 0.29) is 11.5 Å². The van der Waals surface area contributed by atoms with Gasteiger partial charge in [-0.15, -0.1) is 0 Å². The number of nitrogens with zero attached hydrogens (tertiary/aromatic N) is 2. The molecule has 0 bridgehead atoms. The molecule has 2 aromatic rings. The number of halogens is 1. The number of carbonyl (C=O) groups is 1. The minimum Gasteiger partial charge on any atom is -0.508 e. The highest BCUT2D eigenvalue weighted by Gasteiger charge is 2.19. The summed E-state index contributed by atoms with van der Waals surface area (Å²) in [5, 5.41) is 14.0. The third-order valence-electron chi connectivity index (χ3n) is 3.46. The summed E-state index contributed by atoms with van der Waals surface area (Å²) in [5.74, 6) is 0.275. The molecule has 1 aromatic carbocycles. The van der Waals surface area contributed by atoms with Crippen molar-refractivity contribution in [1.82, 2.24) is 9.78 Å². The van der Waals surface area contributed by atoms with Crippen LogP contribution >= 0.6 is 11.6 Å². The Hall–Kier alpha value is -1.81. The van der Waals surface area contributed by atoms with Gasteiger partial charge in [-0.05, 0) is 37.0 Å². The van der Waals surface area contributed by atoms with Gasteiger partial charge in [0.2, 0.25) is 0 Å². The molecule has 4 nitrogen and oxygen atoms in total. The molecule has 0 spiro atoms. The number of rotatable bonds is 6. The van der Waals surface area contributed by atoms with Crippen LogP contribution in [0.1, 0.15) is 41.5 Å². The lowest BCUT2D eigenvalue weighted by Crippen LogP contribution is -2.07. The van der Waals surface area contributed by atoms with Crippen LogP contribution in [0, 0.1) is 0 Å². The van der Waals surface area contributed by atoms with E-state index in [1.807, 2.05) is 19.1 Å². The van der Waals surface area contributed by atoms with Gasteiger partial charge in [0, 0.05) is 13.5 Å². The van der Waals surface area contributed by atoms with Crippen LogP contribution in [-0.4, -0.2) is 20.7 Å². The Morgan fingerprint density at radius 3 is 2.57 bits per heavy atom. The van der Waals surface area contributed by atoms with Crippen molar-refractivity contribution in [2.45, 2.75) is 32.6 Å². The van der Waals surface area contributed by atoms with E-state index in [0.29, 0.717) is 23.6 Å². The first-order chi connectivity index (χ1) is 10.0. The fourth-order valence-electron chi connectivity index (χ4n) is 2.32. The van der Waals surface area contributed by atoms with Crippen molar-refractivity contribution in [1.29, 1.82) is 0 Å². The smallest absolute Gasteiger partial charge is 0.182 e. The first kappa shape index (κ1) is 15.6. The fraction of sp³-hybridized carbons (Fsp3) is 0.375. The summed E-state index contributed by atoms with van der Waals surface area (Å²) in [6, 6.07) is 7.05. The maximum atomic E-state index is 12.3. The first-order valence-electron chi connectivity index (χ1n) is 7.05. The van der Waals surface area contributed by atoms with Gasteiger partial charge in [0.15, 0.2) is 5.78 Å². The van der Waals surface area contributed by atoms with Gasteiger partial charge in [0.1, 0.15) is 11.4 Å². The summed E-state index contributed by atoms with van der Waals surface area (Å²) in [5.41, 5.74) is 2.37. The summed E-state index contributed by atoms with van der Waals surface area (Å²) < 4.78 is 1.57. The standard InChI is InChI=1S/C16H19ClN2O2/c1-3-13-15(17)16(19(2)18-13)14(21)6-4-5-11-7-9-12(20)10-8-11/h7-10,20H,3-6H2,1-2H3. The number of phenolic OH excluding ortho intramolecular Hbond substituents is 1. The molecule has 21 heavy (non-hydrogen) atoms. The molecule has 0 saturated carbocycles. The average Bonchev–Trinajstić information content (AvgIpc) is 2.75. The van der Waals surface area contributed by atoms with E-state index in [2.05, 4.69) is 5.10 Å². The van der Waals surface area contributed by atoms with Crippen LogP contribution in [0.5, 0.6) is 5.75 Å². The molecule has 1 heterocycles. The van der Waals surface area contributed by atoms with Gasteiger partial charge in [-0.3, -0.25) is 9.48 Å². The Morgan fingerprint density at radius 2 is 2.00 bits per heavy atom. The number of hydrogen-bond acceptors (Lipinski definition) is 3. The summed E-state index contributed by atoms with van der Waals surface area (Å²) in [7, 11) is 1.75. The van der Waals surface area contributed by atoms with E-state index in [1.54, 1.807) is 23.9 Å². The zero-order chi connectivity index (χ0) is 15.4. The molecule has 0 atom stereocenters. The number of aromatic hydroxyl groups is 1. The molecule has 0 aliphatic heterocycles. The molecule has 0 fully saturated rings. The van der Waals surface area contributed by atoms with Crippen molar-refractivity contribution < 1.29 is 9.90 Å². The maximum absolute atomic E-state index is 12.3. The molecule has 0 aliphatic rings. The largest absolute Gasteiger partial charge is 0.508 e. The highest BCUT2D eigenvalue weighted by Crippen LogP contribution is 2.23. The second-order valence-corrected chi connectivity index (χ2v) is 5.41. The van der Waals surface area contributed by atoms with E-state index in [4.69, 9.17) is 11.6 Å². The van der Waals surface area contributed by atoms with E-state index in [9.17, 15) is 9.90 Å². The molecule has 0 unspecified atom stereocenters. The van der Waals surface area contributed by atoms with Crippen molar-refractivity contribution in [3.8, 4) is 5.75 Å². The van der Waals surface area contributed by atoms with E-state index in [1.165, 1.54) is 0 Å². The van der Waals surface area contributed by atoms with E-state index < -0.39 is 0 Å². The van der Waals surface area contributed by atoms with Gasteiger partial charge >= 0.3 is 0 Å². The first-order valence-corrected chi connectivity index (χ1v) is 7.43. The third-order valence-corrected chi connectivity index (χ3v) is 3.86. The molecular weight excluding hydrogens is 288 g/mol. The summed E-state index contributed by atoms with van der Waals surface area (Å²) in [6.45, 7) is 1.97. The summed E-state index contributed by atoms with van der Waals surface area (Å²) >= 11 is 6.21. The van der Waals surface area contributed by atoms with Crippen molar-refractivity contribution in [2.75, 3.05) is 0 Å². The Balaban J connectivity index is 1.96. The number of carbonyl (C=O) groups excluding carboxylic acids is 1. The number of Topliss-reactive ketones (excluding diaryl/α,β-unsaturated/α-hetero) is 1. The molecule has 112 valence electrons. The lowest BCUT2D eigenvalue weighted by atomic mass is 10.0. The van der Waals surface area contributed by atoms with E-state index >= 15 is 0 Å². The Kier molecular flexibility index (Phi) is 5.02. The number of aryl methyl sites for hydroxylation is 3. The molecular formula is C16H19ClN2O2. The zero-order valence-corrected chi connectivity index (χ0v) is 13.0. The van der Waals surface area contributed by atoms with Crippen LogP contribution < -0.4 is 0 Å². The predicted octanol–water partition coefficient (Wildman–Crippen LogP) is 3.55. The highest BCUT2D eigenvalue weighted by molar-refractivity contribution is 6.34. The average molecular weight is 307 g/mol. The van der Waals surface area contributed by atoms with Gasteiger partial charge in [-0.25, -0.2) is 0 Å². The highest BCUT2D eigenvalue weighted by atomic mass is 35.5. The SMILES string of the molecule is CCc1nn(C)c(C(=O)CCCc2ccc(O)cc2)c1Cl. The Labute approximate surface area is 129 Å². The number of benzene rings is 1. The van der Waals surface area contributed by atoms with Crippen LogP contribution in [0.4, 0.5) is 0 Å². The summed E-state index contributed by atoms with van der Waals surface area (Å²) in [4.78, 5) is 12.3. The Morgan fingerprint density at radius 1 is 1.33 bits per heavy atom. The molecule has 0 saturated heterocycles. The second-order valence-electron chi connectivity index (χ2n) is 5.03. The number of phenols is 1. The van der Waals surface area contributed by atoms with Gasteiger partial charge in [0.25, 0.3) is 0 Å². The van der Waals surface area contributed by atoms with Crippen molar-refractivity contribution in [2.24, 2.45) is 7.05 Å². The molecule has 1 N–H and O–H groups in total. The Bertz CT molecular complexity index is 632. The van der Waals surface area contributed by atoms with Crippen LogP contribution in [0.15, 0.2) is 24.3 Å². The van der Waals surface area contributed by atoms with Gasteiger partial charge in [-0.1, -0.05) is 30.7 Å². The topological polar surface area (TPSA) is 55.1 Å². The van der Waals surface area contributed by atoms with Crippen molar-refractivity contribution >= 4 is 17.4 Å². The van der Waals surface area contributed by atoms with Crippen LogP contribution in [0.3, 0.4) is 0 Å². The van der Waals surface area contributed by atoms with Crippen LogP contribution in [0.2, 0.25) is 5.02 Å². The fourth-order valence-corrected chi connectivity index (χ4v) is 2.72. The van der Waals surface area contributed by atoms with Gasteiger partial charge < -0.3 is 5.11 Å². The normalized spacial score (nSPS) is 10.8. The minimum absolute atomic E-state index is 0.0217. The number of aromatic nitrogens is 2. The lowest BCUT2D eigenvalue weighted by Gasteiger charge is -2.03. The summed E-state index contributed by atoms with van der Waals surface area (Å²) in [6.07, 6.45) is 2.69. The van der Waals surface area contributed by atoms with Crippen molar-refractivity contribution in [3.05, 3.63) is 46.2 Å². The quantitative estimate of drug-likeness (QED) is 0.830. The van der Waals surface area contributed by atoms with Crippen molar-refractivity contribution in [3.63, 3.8) is 0 Å². The maximum Gasteiger partial charge on any atom is 0.182 e. The molecule has 0 amide bonds.